The minimum absolute atomic E-state index is 0.00985. The van der Waals surface area contributed by atoms with Crippen molar-refractivity contribution in [2.75, 3.05) is 16.4 Å². The normalized spacial score (nSPS) is 25.3. The number of rotatable bonds is 4. The number of benzene rings is 1. The molecule has 2 unspecified atom stereocenters. The monoisotopic (exact) mass is 454 g/mol. The molecule has 0 N–H and O–H groups in total. The second-order valence-electron chi connectivity index (χ2n) is 6.73. The zero-order valence-corrected chi connectivity index (χ0v) is 17.3. The number of hydrogen-bond donors (Lipinski definition) is 0. The van der Waals surface area contributed by atoms with Crippen LogP contribution in [0.4, 0.5) is 18.9 Å². The van der Waals surface area contributed by atoms with Crippen LogP contribution >= 0.6 is 23.4 Å². The van der Waals surface area contributed by atoms with Gasteiger partial charge >= 0.3 is 6.18 Å². The lowest BCUT2D eigenvalue weighted by Gasteiger charge is -2.26. The molecule has 3 rings (SSSR count). The van der Waals surface area contributed by atoms with Crippen molar-refractivity contribution in [2.45, 2.75) is 43.7 Å². The van der Waals surface area contributed by atoms with Gasteiger partial charge in [-0.25, -0.2) is 8.42 Å². The summed E-state index contributed by atoms with van der Waals surface area (Å²) >= 11 is 7.27. The molecule has 2 aliphatic heterocycles. The van der Waals surface area contributed by atoms with Crippen LogP contribution in [-0.4, -0.2) is 42.3 Å². The number of halogens is 4. The van der Waals surface area contributed by atoms with Crippen LogP contribution in [0, 0.1) is 0 Å². The van der Waals surface area contributed by atoms with Gasteiger partial charge in [0.25, 0.3) is 0 Å². The Kier molecular flexibility index (Phi) is 6.03. The second-order valence-corrected chi connectivity index (χ2v) is 10.5. The van der Waals surface area contributed by atoms with Gasteiger partial charge in [-0.05, 0) is 24.6 Å². The molecule has 2 atom stereocenters. The number of carbonyl (C=O) groups excluding carboxylic acids is 1. The lowest BCUT2D eigenvalue weighted by atomic mass is 10.1. The van der Waals surface area contributed by atoms with Crippen molar-refractivity contribution in [3.63, 3.8) is 0 Å². The van der Waals surface area contributed by atoms with Gasteiger partial charge in [-0.1, -0.05) is 36.7 Å². The number of nitrogens with zero attached hydrogens (tertiary/aromatic N) is 2. The number of thioether (sulfide) groups is 1. The van der Waals surface area contributed by atoms with Crippen molar-refractivity contribution in [1.29, 1.82) is 0 Å². The first-order valence-corrected chi connectivity index (χ1v) is 11.7. The number of sulfone groups is 1. The standard InChI is InChI=1S/C17H18ClF3N2O3S2/c1-2-3-4-15(24)22-16-23(13-8-28(25,26)9-14(13)27-16)12-7-10(17(19,20)21)5-6-11(12)18/h5-7,13-14H,2-4,8-9H2,1H3. The minimum Gasteiger partial charge on any atom is -0.314 e. The summed E-state index contributed by atoms with van der Waals surface area (Å²) in [5, 5.41) is -0.173. The summed E-state index contributed by atoms with van der Waals surface area (Å²) in [6.45, 7) is 1.93. The van der Waals surface area contributed by atoms with Crippen LogP contribution in [0.3, 0.4) is 0 Å². The van der Waals surface area contributed by atoms with Crippen LogP contribution in [0.5, 0.6) is 0 Å². The van der Waals surface area contributed by atoms with E-state index in [1.54, 1.807) is 0 Å². The van der Waals surface area contributed by atoms with Gasteiger partial charge in [0.15, 0.2) is 15.0 Å². The van der Waals surface area contributed by atoms with Gasteiger partial charge in [-0.2, -0.15) is 18.2 Å². The number of unbranched alkanes of at least 4 members (excludes halogenated alkanes) is 1. The highest BCUT2D eigenvalue weighted by atomic mass is 35.5. The summed E-state index contributed by atoms with van der Waals surface area (Å²) < 4.78 is 63.6. The smallest absolute Gasteiger partial charge is 0.314 e. The van der Waals surface area contributed by atoms with Gasteiger partial charge < -0.3 is 4.90 Å². The highest BCUT2D eigenvalue weighted by Gasteiger charge is 2.50. The van der Waals surface area contributed by atoms with Crippen molar-refractivity contribution in [3.8, 4) is 0 Å². The average Bonchev–Trinajstić information content (AvgIpc) is 3.03. The zero-order valence-electron chi connectivity index (χ0n) is 14.9. The molecule has 0 bridgehead atoms. The van der Waals surface area contributed by atoms with Crippen LogP contribution in [0.15, 0.2) is 23.2 Å². The van der Waals surface area contributed by atoms with E-state index in [9.17, 15) is 26.4 Å². The van der Waals surface area contributed by atoms with Gasteiger partial charge in [0.05, 0.1) is 33.8 Å². The highest BCUT2D eigenvalue weighted by molar-refractivity contribution is 8.16. The fraction of sp³-hybridized carbons (Fsp3) is 0.529. The molecule has 2 fully saturated rings. The van der Waals surface area contributed by atoms with E-state index in [4.69, 9.17) is 11.6 Å². The van der Waals surface area contributed by atoms with E-state index in [0.29, 0.717) is 6.42 Å². The highest BCUT2D eigenvalue weighted by Crippen LogP contribution is 2.44. The number of fused-ring (bicyclic) bond motifs is 1. The molecule has 1 aromatic carbocycles. The molecule has 1 amide bonds. The Balaban J connectivity index is 2.05. The lowest BCUT2D eigenvalue weighted by molar-refractivity contribution is -0.137. The van der Waals surface area contributed by atoms with Gasteiger partial charge in [0.1, 0.15) is 0 Å². The minimum atomic E-state index is -4.58. The van der Waals surface area contributed by atoms with E-state index >= 15 is 0 Å². The van der Waals surface area contributed by atoms with Gasteiger partial charge in [0.2, 0.25) is 5.91 Å². The van der Waals surface area contributed by atoms with E-state index in [1.165, 1.54) is 4.90 Å². The first kappa shape index (κ1) is 21.4. The molecule has 1 aromatic rings. The van der Waals surface area contributed by atoms with Crippen LogP contribution in [0.1, 0.15) is 31.7 Å². The Hall–Kier alpha value is -1.26. The van der Waals surface area contributed by atoms with E-state index in [1.807, 2.05) is 6.92 Å². The SMILES string of the molecule is CCCCC(=O)N=C1SC2CS(=O)(=O)CC2N1c1cc(C(F)(F)F)ccc1Cl. The summed E-state index contributed by atoms with van der Waals surface area (Å²) in [5.41, 5.74) is -0.895. The molecule has 2 heterocycles. The number of hydrogen-bond acceptors (Lipinski definition) is 4. The first-order valence-electron chi connectivity index (χ1n) is 8.66. The number of carbonyl (C=O) groups is 1. The third kappa shape index (κ3) is 4.49. The van der Waals surface area contributed by atoms with Crippen LogP contribution in [0.25, 0.3) is 0 Å². The average molecular weight is 455 g/mol. The maximum Gasteiger partial charge on any atom is 0.416 e. The van der Waals surface area contributed by atoms with Crippen LogP contribution in [-0.2, 0) is 20.8 Å². The van der Waals surface area contributed by atoms with Gasteiger partial charge in [-0.15, -0.1) is 0 Å². The molecule has 154 valence electrons. The van der Waals surface area contributed by atoms with Crippen molar-refractivity contribution < 1.29 is 26.4 Å². The Labute approximate surface area is 170 Å². The molecule has 2 aliphatic rings. The maximum atomic E-state index is 13.2. The Morgan fingerprint density at radius 3 is 2.71 bits per heavy atom. The number of alkyl halides is 3. The molecule has 2 saturated heterocycles. The Morgan fingerprint density at radius 1 is 1.36 bits per heavy atom. The van der Waals surface area contributed by atoms with Gasteiger partial charge in [0, 0.05) is 11.7 Å². The lowest BCUT2D eigenvalue weighted by Crippen LogP contribution is -2.38. The largest absolute Gasteiger partial charge is 0.416 e. The Bertz CT molecular complexity index is 919. The summed E-state index contributed by atoms with van der Waals surface area (Å²) in [7, 11) is -3.33. The molecule has 0 aliphatic carbocycles. The third-order valence-corrected chi connectivity index (χ3v) is 8.09. The molecular weight excluding hydrogens is 437 g/mol. The predicted molar refractivity (Wildman–Crippen MR) is 105 cm³/mol. The molecular formula is C17H18ClF3N2O3S2. The van der Waals surface area contributed by atoms with E-state index < -0.39 is 32.9 Å². The summed E-state index contributed by atoms with van der Waals surface area (Å²) in [6, 6.07) is 2.25. The maximum absolute atomic E-state index is 13.2. The molecule has 28 heavy (non-hydrogen) atoms. The fourth-order valence-corrected chi connectivity index (χ4v) is 7.34. The van der Waals surface area contributed by atoms with Crippen molar-refractivity contribution >= 4 is 50.0 Å². The zero-order chi connectivity index (χ0) is 20.7. The number of amidine groups is 1. The van der Waals surface area contributed by atoms with E-state index in [-0.39, 0.29) is 39.7 Å². The molecule has 11 heteroatoms. The van der Waals surface area contributed by atoms with Crippen molar-refractivity contribution in [3.05, 3.63) is 28.8 Å². The van der Waals surface area contributed by atoms with E-state index in [0.717, 1.165) is 36.4 Å². The quantitative estimate of drug-likeness (QED) is 0.683. The molecule has 5 nitrogen and oxygen atoms in total. The number of amides is 1. The second kappa shape index (κ2) is 7.87. The predicted octanol–water partition coefficient (Wildman–Crippen LogP) is 4.15. The van der Waals surface area contributed by atoms with Crippen molar-refractivity contribution in [1.82, 2.24) is 0 Å². The summed E-state index contributed by atoms with van der Waals surface area (Å²) in [5.74, 6) is -0.725. The molecule has 0 aromatic heterocycles. The summed E-state index contributed by atoms with van der Waals surface area (Å²) in [4.78, 5) is 17.6. The molecule has 0 spiro atoms. The molecule has 0 radical (unpaired) electrons. The Morgan fingerprint density at radius 2 is 2.07 bits per heavy atom. The van der Waals surface area contributed by atoms with Crippen LogP contribution < -0.4 is 4.90 Å². The van der Waals surface area contributed by atoms with E-state index in [2.05, 4.69) is 4.99 Å². The van der Waals surface area contributed by atoms with Gasteiger partial charge in [-0.3, -0.25) is 4.79 Å². The topological polar surface area (TPSA) is 66.8 Å². The molecule has 0 saturated carbocycles. The number of anilines is 1. The van der Waals surface area contributed by atoms with Crippen molar-refractivity contribution in [2.24, 2.45) is 4.99 Å². The third-order valence-electron chi connectivity index (χ3n) is 4.56. The first-order chi connectivity index (χ1) is 13.0. The summed E-state index contributed by atoms with van der Waals surface area (Å²) in [6.07, 6.45) is -2.91. The number of aliphatic imine (C=N–C) groups is 1. The van der Waals surface area contributed by atoms with Crippen LogP contribution in [0.2, 0.25) is 5.02 Å². The fourth-order valence-electron chi connectivity index (χ4n) is 3.21.